The van der Waals surface area contributed by atoms with Crippen LogP contribution in [0.15, 0.2) is 24.5 Å². The van der Waals surface area contributed by atoms with E-state index in [2.05, 4.69) is 10.3 Å². The minimum atomic E-state index is -0.877. The van der Waals surface area contributed by atoms with E-state index in [-0.39, 0.29) is 12.3 Å². The monoisotopic (exact) mass is 315 g/mol. The van der Waals surface area contributed by atoms with Crippen molar-refractivity contribution in [2.75, 3.05) is 0 Å². The summed E-state index contributed by atoms with van der Waals surface area (Å²) < 4.78 is 1.80. The smallest absolute Gasteiger partial charge is 0.305 e. The predicted octanol–water partition coefficient (Wildman–Crippen LogP) is 2.55. The molecule has 0 spiro atoms. The van der Waals surface area contributed by atoms with E-state index in [1.54, 1.807) is 10.6 Å². The van der Waals surface area contributed by atoms with Crippen LogP contribution in [0.3, 0.4) is 0 Å². The summed E-state index contributed by atoms with van der Waals surface area (Å²) >= 11 is 0. The molecule has 0 atom stereocenters. The van der Waals surface area contributed by atoms with Gasteiger partial charge < -0.3 is 14.8 Å². The maximum Gasteiger partial charge on any atom is 0.305 e. The molecule has 2 aromatic heterocycles. The highest BCUT2D eigenvalue weighted by Gasteiger charge is 2.36. The average molecular weight is 315 g/mol. The molecule has 0 aliphatic heterocycles. The van der Waals surface area contributed by atoms with Crippen molar-refractivity contribution in [3.8, 4) is 0 Å². The van der Waals surface area contributed by atoms with Crippen LogP contribution in [0.1, 0.15) is 54.6 Å². The van der Waals surface area contributed by atoms with Crippen molar-refractivity contribution in [2.45, 2.75) is 51.0 Å². The van der Waals surface area contributed by atoms with E-state index >= 15 is 0 Å². The van der Waals surface area contributed by atoms with Crippen molar-refractivity contribution in [3.63, 3.8) is 0 Å². The molecule has 0 aromatic carbocycles. The lowest BCUT2D eigenvalue weighted by Gasteiger charge is -2.36. The van der Waals surface area contributed by atoms with E-state index in [9.17, 15) is 14.7 Å². The van der Waals surface area contributed by atoms with Gasteiger partial charge in [0.1, 0.15) is 11.3 Å². The van der Waals surface area contributed by atoms with E-state index < -0.39 is 11.5 Å². The van der Waals surface area contributed by atoms with Gasteiger partial charge in [-0.25, -0.2) is 4.98 Å². The summed E-state index contributed by atoms with van der Waals surface area (Å²) in [5, 5.41) is 12.1. The molecule has 2 aromatic rings. The van der Waals surface area contributed by atoms with Crippen molar-refractivity contribution in [2.24, 2.45) is 0 Å². The largest absolute Gasteiger partial charge is 0.481 e. The summed E-state index contributed by atoms with van der Waals surface area (Å²) in [6.45, 7) is 1.97. The van der Waals surface area contributed by atoms with Gasteiger partial charge in [-0.05, 0) is 37.5 Å². The number of nitrogens with zero attached hydrogens (tertiary/aromatic N) is 2. The fourth-order valence-corrected chi connectivity index (χ4v) is 3.36. The Bertz CT molecular complexity index is 745. The molecule has 3 rings (SSSR count). The zero-order chi connectivity index (χ0) is 16.4. The highest BCUT2D eigenvalue weighted by atomic mass is 16.4. The van der Waals surface area contributed by atoms with Crippen LogP contribution in [0.2, 0.25) is 0 Å². The van der Waals surface area contributed by atoms with Gasteiger partial charge in [0.2, 0.25) is 0 Å². The standard InChI is InChI=1S/C17H21N3O3/c1-12-5-8-20-11-13(18-14(20)9-12)16(23)19-17(10-15(21)22)6-3-2-4-7-17/h5,8-9,11H,2-4,6-7,10H2,1H3,(H,19,23)(H,21,22). The molecule has 122 valence electrons. The molecular weight excluding hydrogens is 294 g/mol. The summed E-state index contributed by atoms with van der Waals surface area (Å²) in [6.07, 6.45) is 7.89. The number of carboxylic acids is 1. The van der Waals surface area contributed by atoms with Crippen LogP contribution < -0.4 is 5.32 Å². The number of aliphatic carboxylic acids is 1. The van der Waals surface area contributed by atoms with Crippen LogP contribution in [0.4, 0.5) is 0 Å². The number of hydrogen-bond acceptors (Lipinski definition) is 3. The van der Waals surface area contributed by atoms with Crippen LogP contribution in [0, 0.1) is 6.92 Å². The summed E-state index contributed by atoms with van der Waals surface area (Å²) in [5.41, 5.74) is 1.47. The molecule has 0 bridgehead atoms. The number of aromatic nitrogens is 2. The van der Waals surface area contributed by atoms with Crippen LogP contribution in [0.25, 0.3) is 5.65 Å². The number of amides is 1. The first-order valence-electron chi connectivity index (χ1n) is 7.97. The van der Waals surface area contributed by atoms with Crippen molar-refractivity contribution in [1.29, 1.82) is 0 Å². The second-order valence-corrected chi connectivity index (χ2v) is 6.46. The highest BCUT2D eigenvalue weighted by molar-refractivity contribution is 5.93. The van der Waals surface area contributed by atoms with Gasteiger partial charge in [-0.2, -0.15) is 0 Å². The predicted molar refractivity (Wildman–Crippen MR) is 85.5 cm³/mol. The lowest BCUT2D eigenvalue weighted by molar-refractivity contribution is -0.139. The number of fused-ring (bicyclic) bond motifs is 1. The molecule has 6 heteroatoms. The first kappa shape index (κ1) is 15.5. The fourth-order valence-electron chi connectivity index (χ4n) is 3.36. The first-order valence-corrected chi connectivity index (χ1v) is 7.97. The Labute approximate surface area is 134 Å². The summed E-state index contributed by atoms with van der Waals surface area (Å²) in [6, 6.07) is 3.85. The Morgan fingerprint density at radius 1 is 1.35 bits per heavy atom. The van der Waals surface area contributed by atoms with E-state index in [0.29, 0.717) is 24.2 Å². The van der Waals surface area contributed by atoms with Gasteiger partial charge in [-0.1, -0.05) is 19.3 Å². The third-order valence-electron chi connectivity index (χ3n) is 4.53. The molecular formula is C17H21N3O3. The van der Waals surface area contributed by atoms with Gasteiger partial charge in [0.05, 0.1) is 12.0 Å². The van der Waals surface area contributed by atoms with E-state index in [1.807, 2.05) is 25.3 Å². The third-order valence-corrected chi connectivity index (χ3v) is 4.53. The second-order valence-electron chi connectivity index (χ2n) is 6.46. The molecule has 1 aliphatic rings. The Morgan fingerprint density at radius 3 is 2.78 bits per heavy atom. The Morgan fingerprint density at radius 2 is 2.09 bits per heavy atom. The molecule has 6 nitrogen and oxygen atoms in total. The lowest BCUT2D eigenvalue weighted by Crippen LogP contribution is -2.51. The first-order chi connectivity index (χ1) is 11.0. The van der Waals surface area contributed by atoms with E-state index in [0.717, 1.165) is 24.8 Å². The van der Waals surface area contributed by atoms with Gasteiger partial charge >= 0.3 is 5.97 Å². The molecule has 1 fully saturated rings. The zero-order valence-corrected chi connectivity index (χ0v) is 13.2. The van der Waals surface area contributed by atoms with Gasteiger partial charge in [0.25, 0.3) is 5.91 Å². The van der Waals surface area contributed by atoms with Crippen LogP contribution in [0.5, 0.6) is 0 Å². The Kier molecular flexibility index (Phi) is 4.07. The number of hydrogen-bond donors (Lipinski definition) is 2. The van der Waals surface area contributed by atoms with E-state index in [1.165, 1.54) is 0 Å². The summed E-state index contributed by atoms with van der Waals surface area (Å²) in [7, 11) is 0. The van der Waals surface area contributed by atoms with Crippen molar-refractivity contribution in [3.05, 3.63) is 35.8 Å². The molecule has 0 saturated heterocycles. The van der Waals surface area contributed by atoms with Crippen molar-refractivity contribution >= 4 is 17.5 Å². The van der Waals surface area contributed by atoms with Crippen LogP contribution >= 0.6 is 0 Å². The number of aryl methyl sites for hydroxylation is 1. The number of imidazole rings is 1. The van der Waals surface area contributed by atoms with Gasteiger partial charge in [0.15, 0.2) is 0 Å². The fraction of sp³-hybridized carbons (Fsp3) is 0.471. The summed E-state index contributed by atoms with van der Waals surface area (Å²) in [5.74, 6) is -1.17. The molecule has 0 radical (unpaired) electrons. The topological polar surface area (TPSA) is 83.7 Å². The Hall–Kier alpha value is -2.37. The quantitative estimate of drug-likeness (QED) is 0.908. The van der Waals surface area contributed by atoms with Gasteiger partial charge in [-0.15, -0.1) is 0 Å². The third kappa shape index (κ3) is 3.36. The number of nitrogens with one attached hydrogen (secondary N) is 1. The van der Waals surface area contributed by atoms with Crippen molar-refractivity contribution < 1.29 is 14.7 Å². The molecule has 2 heterocycles. The minimum absolute atomic E-state index is 0.0365. The molecule has 0 unspecified atom stereocenters. The molecule has 23 heavy (non-hydrogen) atoms. The number of carbonyl (C=O) groups excluding carboxylic acids is 1. The summed E-state index contributed by atoms with van der Waals surface area (Å²) in [4.78, 5) is 28.1. The highest BCUT2D eigenvalue weighted by Crippen LogP contribution is 2.31. The average Bonchev–Trinajstić information content (AvgIpc) is 2.90. The van der Waals surface area contributed by atoms with E-state index in [4.69, 9.17) is 0 Å². The van der Waals surface area contributed by atoms with Crippen LogP contribution in [-0.4, -0.2) is 31.9 Å². The Balaban J connectivity index is 1.83. The lowest BCUT2D eigenvalue weighted by atomic mass is 9.79. The minimum Gasteiger partial charge on any atom is -0.481 e. The molecule has 1 saturated carbocycles. The molecule has 1 amide bonds. The number of rotatable bonds is 4. The maximum atomic E-state index is 12.6. The number of carboxylic acid groups (broad SMARTS) is 1. The maximum absolute atomic E-state index is 12.6. The second kappa shape index (κ2) is 6.02. The molecule has 2 N–H and O–H groups in total. The van der Waals surface area contributed by atoms with Gasteiger partial charge in [-0.3, -0.25) is 9.59 Å². The van der Waals surface area contributed by atoms with Gasteiger partial charge in [0, 0.05) is 12.4 Å². The number of pyridine rings is 1. The van der Waals surface area contributed by atoms with Crippen molar-refractivity contribution in [1.82, 2.24) is 14.7 Å². The SMILES string of the molecule is Cc1ccn2cc(C(=O)NC3(CC(=O)O)CCCCC3)nc2c1. The number of carbonyl (C=O) groups is 2. The van der Waals surface area contributed by atoms with Crippen LogP contribution in [-0.2, 0) is 4.79 Å². The zero-order valence-electron chi connectivity index (χ0n) is 13.2. The molecule has 1 aliphatic carbocycles. The normalized spacial score (nSPS) is 17.1.